The van der Waals surface area contributed by atoms with Crippen molar-refractivity contribution in [2.45, 2.75) is 18.6 Å². The van der Waals surface area contributed by atoms with Crippen LogP contribution in [0.15, 0.2) is 58.7 Å². The maximum atomic E-state index is 13.7. The van der Waals surface area contributed by atoms with E-state index in [9.17, 15) is 14.0 Å². The summed E-state index contributed by atoms with van der Waals surface area (Å²) in [5.41, 5.74) is 1.51. The van der Waals surface area contributed by atoms with Crippen molar-refractivity contribution in [3.8, 4) is 0 Å². The Balaban J connectivity index is 1.71. The number of nitrogens with one attached hydrogen (secondary N) is 2. The maximum absolute atomic E-state index is 13.7. The fourth-order valence-corrected chi connectivity index (χ4v) is 3.44. The van der Waals surface area contributed by atoms with Crippen LogP contribution in [0.5, 0.6) is 0 Å². The Morgan fingerprint density at radius 2 is 1.96 bits per heavy atom. The second kappa shape index (κ2) is 8.99. The topological polar surface area (TPSA) is 82.9 Å². The molecule has 9 heteroatoms. The summed E-state index contributed by atoms with van der Waals surface area (Å²) in [6, 6.07) is 12.9. The second-order valence-electron chi connectivity index (χ2n) is 5.93. The van der Waals surface area contributed by atoms with Gasteiger partial charge in [0.1, 0.15) is 11.1 Å². The molecule has 1 heterocycles. The summed E-state index contributed by atoms with van der Waals surface area (Å²) in [4.78, 5) is 24.4. The molecule has 0 aromatic heterocycles. The predicted molar refractivity (Wildman–Crippen MR) is 110 cm³/mol. The molecule has 2 aromatic rings. The molecule has 0 radical (unpaired) electrons. The van der Waals surface area contributed by atoms with Gasteiger partial charge in [-0.3, -0.25) is 9.59 Å². The highest BCUT2D eigenvalue weighted by Gasteiger charge is 2.30. The van der Waals surface area contributed by atoms with Crippen molar-refractivity contribution < 1.29 is 14.0 Å². The predicted octanol–water partition coefficient (Wildman–Crippen LogP) is 3.82. The molecule has 6 nitrogen and oxygen atoms in total. The highest BCUT2D eigenvalue weighted by molar-refractivity contribution is 8.15. The van der Waals surface area contributed by atoms with Crippen molar-refractivity contribution in [3.05, 3.63) is 64.9 Å². The minimum atomic E-state index is -0.738. The number of carbonyl (C=O) groups excluding carboxylic acids is 2. The average molecular weight is 419 g/mol. The summed E-state index contributed by atoms with van der Waals surface area (Å²) in [7, 11) is 0. The summed E-state index contributed by atoms with van der Waals surface area (Å²) in [6.45, 7) is 1.77. The van der Waals surface area contributed by atoms with Gasteiger partial charge in [0.05, 0.1) is 11.4 Å². The quantitative estimate of drug-likeness (QED) is 0.585. The Morgan fingerprint density at radius 3 is 2.68 bits per heavy atom. The Labute approximate surface area is 170 Å². The number of thioether (sulfide) groups is 1. The third kappa shape index (κ3) is 5.17. The minimum absolute atomic E-state index is 0.0378. The number of benzene rings is 2. The molecule has 3 rings (SSSR count). The van der Waals surface area contributed by atoms with Crippen molar-refractivity contribution >= 4 is 51.7 Å². The molecule has 0 spiro atoms. The molecule has 1 aliphatic heterocycles. The monoisotopic (exact) mass is 418 g/mol. The number of hydrogen-bond acceptors (Lipinski definition) is 5. The van der Waals surface area contributed by atoms with E-state index in [1.165, 1.54) is 18.2 Å². The molecule has 0 saturated carbocycles. The highest BCUT2D eigenvalue weighted by Crippen LogP contribution is 2.23. The number of carbonyl (C=O) groups is 2. The molecule has 2 amide bonds. The van der Waals surface area contributed by atoms with Gasteiger partial charge in [0.25, 0.3) is 0 Å². The van der Waals surface area contributed by atoms with E-state index in [-0.39, 0.29) is 23.2 Å². The molecule has 1 aliphatic rings. The standard InChI is InChI=1S/C19H16ClFN4O2S/c1-11(12-6-8-13(20)9-7-12)24-25-19-23-17(26)10-16(28-19)18(27)22-15-5-3-2-4-14(15)21/h2-9,16H,10H2,1H3,(H,22,27)(H,23,25,26). The largest absolute Gasteiger partial charge is 0.323 e. The molecule has 0 bridgehead atoms. The van der Waals surface area contributed by atoms with Gasteiger partial charge in [0, 0.05) is 11.4 Å². The summed E-state index contributed by atoms with van der Waals surface area (Å²) in [6.07, 6.45) is -0.0378. The van der Waals surface area contributed by atoms with E-state index in [1.807, 2.05) is 0 Å². The fourth-order valence-electron chi connectivity index (χ4n) is 2.38. The average Bonchev–Trinajstić information content (AvgIpc) is 2.68. The minimum Gasteiger partial charge on any atom is -0.323 e. The first-order chi connectivity index (χ1) is 13.4. The molecule has 28 heavy (non-hydrogen) atoms. The number of rotatable bonds is 4. The van der Waals surface area contributed by atoms with E-state index >= 15 is 0 Å². The van der Waals surface area contributed by atoms with E-state index in [2.05, 4.69) is 20.8 Å². The fraction of sp³-hybridized carbons (Fsp3) is 0.158. The molecule has 2 aromatic carbocycles. The number of para-hydroxylation sites is 1. The van der Waals surface area contributed by atoms with Gasteiger partial charge < -0.3 is 10.6 Å². The SMILES string of the molecule is CC(=NN=C1NC(=O)CC(C(=O)Nc2ccccc2F)S1)c1ccc(Cl)cc1. The Hall–Kier alpha value is -2.71. The third-order valence-corrected chi connectivity index (χ3v) is 5.17. The van der Waals surface area contributed by atoms with E-state index in [4.69, 9.17) is 11.6 Å². The molecule has 144 valence electrons. The maximum Gasteiger partial charge on any atom is 0.238 e. The Morgan fingerprint density at radius 1 is 1.25 bits per heavy atom. The van der Waals surface area contributed by atoms with Gasteiger partial charge in [-0.2, -0.15) is 5.10 Å². The van der Waals surface area contributed by atoms with Crippen LogP contribution in [0.3, 0.4) is 0 Å². The van der Waals surface area contributed by atoms with Gasteiger partial charge in [0.15, 0.2) is 5.17 Å². The smallest absolute Gasteiger partial charge is 0.238 e. The normalized spacial score (nSPS) is 18.7. The van der Waals surface area contributed by atoms with Crippen LogP contribution in [-0.4, -0.2) is 27.9 Å². The van der Waals surface area contributed by atoms with E-state index in [0.717, 1.165) is 17.3 Å². The Bertz CT molecular complexity index is 963. The Kier molecular flexibility index (Phi) is 6.43. The lowest BCUT2D eigenvalue weighted by Crippen LogP contribution is -2.42. The molecule has 2 N–H and O–H groups in total. The lowest BCUT2D eigenvalue weighted by molar-refractivity contribution is -0.123. The first-order valence-corrected chi connectivity index (χ1v) is 9.58. The lowest BCUT2D eigenvalue weighted by atomic mass is 10.1. The number of anilines is 1. The second-order valence-corrected chi connectivity index (χ2v) is 7.55. The number of nitrogens with zero attached hydrogens (tertiary/aromatic N) is 2. The number of hydrogen-bond donors (Lipinski definition) is 2. The third-order valence-electron chi connectivity index (χ3n) is 3.85. The van der Waals surface area contributed by atoms with E-state index < -0.39 is 17.0 Å². The van der Waals surface area contributed by atoms with Gasteiger partial charge in [-0.1, -0.05) is 47.6 Å². The van der Waals surface area contributed by atoms with E-state index in [1.54, 1.807) is 37.3 Å². The van der Waals surface area contributed by atoms with Crippen LogP contribution >= 0.6 is 23.4 Å². The van der Waals surface area contributed by atoms with Crippen molar-refractivity contribution in [2.75, 3.05) is 5.32 Å². The van der Waals surface area contributed by atoms with Crippen molar-refractivity contribution in [1.82, 2.24) is 5.32 Å². The van der Waals surface area contributed by atoms with Gasteiger partial charge in [-0.05, 0) is 36.8 Å². The highest BCUT2D eigenvalue weighted by atomic mass is 35.5. The summed E-state index contributed by atoms with van der Waals surface area (Å²) >= 11 is 6.93. The zero-order chi connectivity index (χ0) is 20.1. The number of amidine groups is 1. The van der Waals surface area contributed by atoms with E-state index in [0.29, 0.717) is 10.7 Å². The van der Waals surface area contributed by atoms with Crippen LogP contribution in [0, 0.1) is 5.82 Å². The molecule has 1 unspecified atom stereocenters. The number of halogens is 2. The van der Waals surface area contributed by atoms with Crippen LogP contribution in [0.25, 0.3) is 0 Å². The molecule has 1 atom stereocenters. The summed E-state index contributed by atoms with van der Waals surface area (Å²) < 4.78 is 13.7. The molecular formula is C19H16ClFN4O2S. The van der Waals surface area contributed by atoms with Crippen molar-refractivity contribution in [1.29, 1.82) is 0 Å². The van der Waals surface area contributed by atoms with Crippen LogP contribution in [-0.2, 0) is 9.59 Å². The molecule has 0 aliphatic carbocycles. The molecule has 1 saturated heterocycles. The van der Waals surface area contributed by atoms with Crippen LogP contribution in [0.1, 0.15) is 18.9 Å². The van der Waals surface area contributed by atoms with Crippen LogP contribution in [0.4, 0.5) is 10.1 Å². The zero-order valence-electron chi connectivity index (χ0n) is 14.8. The van der Waals surface area contributed by atoms with Crippen molar-refractivity contribution in [2.24, 2.45) is 10.2 Å². The van der Waals surface area contributed by atoms with Gasteiger partial charge in [-0.25, -0.2) is 4.39 Å². The van der Waals surface area contributed by atoms with Crippen LogP contribution < -0.4 is 10.6 Å². The molecular weight excluding hydrogens is 403 g/mol. The summed E-state index contributed by atoms with van der Waals surface area (Å²) in [5, 5.41) is 13.3. The summed E-state index contributed by atoms with van der Waals surface area (Å²) in [5.74, 6) is -1.38. The lowest BCUT2D eigenvalue weighted by Gasteiger charge is -2.21. The van der Waals surface area contributed by atoms with Gasteiger partial charge in [-0.15, -0.1) is 5.10 Å². The molecule has 1 fully saturated rings. The first kappa shape index (κ1) is 20.0. The number of amides is 2. The zero-order valence-corrected chi connectivity index (χ0v) is 16.4. The first-order valence-electron chi connectivity index (χ1n) is 8.32. The van der Waals surface area contributed by atoms with Gasteiger partial charge in [0.2, 0.25) is 11.8 Å². The van der Waals surface area contributed by atoms with Crippen molar-refractivity contribution in [3.63, 3.8) is 0 Å². The van der Waals surface area contributed by atoms with Crippen LogP contribution in [0.2, 0.25) is 5.02 Å². The van der Waals surface area contributed by atoms with Gasteiger partial charge >= 0.3 is 0 Å².